The van der Waals surface area contributed by atoms with Crippen LogP contribution >= 0.6 is 0 Å². The number of esters is 2. The van der Waals surface area contributed by atoms with Gasteiger partial charge < -0.3 is 14.6 Å². The Morgan fingerprint density at radius 3 is 0.985 bits per heavy atom. The minimum atomic E-state index is -0.787. The number of hydrogen-bond acceptors (Lipinski definition) is 5. The summed E-state index contributed by atoms with van der Waals surface area (Å²) in [5.74, 6) is -0.618. The molecule has 0 aliphatic heterocycles. The Balaban J connectivity index is 3.58. The highest BCUT2D eigenvalue weighted by molar-refractivity contribution is 5.70. The second-order valence-electron chi connectivity index (χ2n) is 17.2. The maximum absolute atomic E-state index is 12.3. The normalized spacial score (nSPS) is 13.3. The third kappa shape index (κ3) is 52.7. The summed E-state index contributed by atoms with van der Waals surface area (Å²) in [6.45, 7) is 3.93. The van der Waals surface area contributed by atoms with Crippen molar-refractivity contribution in [2.24, 2.45) is 0 Å². The molecule has 0 fully saturated rings. The minimum Gasteiger partial charge on any atom is -0.462 e. The summed E-state index contributed by atoms with van der Waals surface area (Å²) in [6.07, 6.45) is 82.7. The maximum Gasteiger partial charge on any atom is 0.306 e. The van der Waals surface area contributed by atoms with Crippen molar-refractivity contribution in [3.8, 4) is 0 Å². The van der Waals surface area contributed by atoms with Gasteiger partial charge in [0, 0.05) is 12.8 Å². The highest BCUT2D eigenvalue weighted by Gasteiger charge is 2.16. The highest BCUT2D eigenvalue weighted by atomic mass is 16.6. The fraction of sp³-hybridized carbons (Fsp3) is 0.607. The van der Waals surface area contributed by atoms with E-state index in [1.54, 1.807) is 0 Å². The van der Waals surface area contributed by atoms with Crippen LogP contribution in [-0.2, 0) is 19.1 Å². The first-order valence-electron chi connectivity index (χ1n) is 26.7. The molecule has 0 aliphatic carbocycles. The molecule has 1 atom stereocenters. The van der Waals surface area contributed by atoms with Gasteiger partial charge in [-0.2, -0.15) is 0 Å². The predicted molar refractivity (Wildman–Crippen MR) is 288 cm³/mol. The molecule has 5 nitrogen and oxygen atoms in total. The summed E-state index contributed by atoms with van der Waals surface area (Å²) >= 11 is 0. The van der Waals surface area contributed by atoms with Crippen LogP contribution in [0.2, 0.25) is 0 Å². The van der Waals surface area contributed by atoms with Gasteiger partial charge in [-0.25, -0.2) is 0 Å². The lowest BCUT2D eigenvalue weighted by Crippen LogP contribution is -2.28. The van der Waals surface area contributed by atoms with E-state index in [9.17, 15) is 14.7 Å². The Hall–Kier alpha value is -3.96. The number of aliphatic hydroxyl groups is 1. The van der Waals surface area contributed by atoms with Crippen molar-refractivity contribution in [3.05, 3.63) is 134 Å². The van der Waals surface area contributed by atoms with Crippen LogP contribution in [0.15, 0.2) is 134 Å². The van der Waals surface area contributed by atoms with Gasteiger partial charge in [0.2, 0.25) is 0 Å². The zero-order chi connectivity index (χ0) is 47.7. The van der Waals surface area contributed by atoms with E-state index in [1.807, 2.05) is 0 Å². The van der Waals surface area contributed by atoms with Gasteiger partial charge in [-0.05, 0) is 109 Å². The van der Waals surface area contributed by atoms with E-state index in [1.165, 1.54) is 77.0 Å². The van der Waals surface area contributed by atoms with Gasteiger partial charge in [-0.15, -0.1) is 0 Å². The van der Waals surface area contributed by atoms with Crippen molar-refractivity contribution in [2.45, 2.75) is 225 Å². The number of unbranched alkanes of at least 4 members (excludes halogenated alkanes) is 17. The fourth-order valence-electron chi connectivity index (χ4n) is 6.94. The topological polar surface area (TPSA) is 72.8 Å². The molecular weight excluding hydrogens is 813 g/mol. The molecule has 0 spiro atoms. The van der Waals surface area contributed by atoms with E-state index in [-0.39, 0.29) is 25.2 Å². The second kappa shape index (κ2) is 55.4. The molecule has 0 heterocycles. The fourth-order valence-corrected chi connectivity index (χ4v) is 6.94. The Kier molecular flexibility index (Phi) is 52.0. The van der Waals surface area contributed by atoms with Crippen LogP contribution in [0.5, 0.6) is 0 Å². The average Bonchev–Trinajstić information content (AvgIpc) is 3.32. The number of allylic oxidation sites excluding steroid dienone is 22. The first-order valence-corrected chi connectivity index (χ1v) is 26.7. The van der Waals surface area contributed by atoms with E-state index < -0.39 is 6.10 Å². The van der Waals surface area contributed by atoms with Crippen LogP contribution in [-0.4, -0.2) is 36.4 Å². The van der Waals surface area contributed by atoms with Crippen LogP contribution in [0.4, 0.5) is 0 Å². The third-order valence-electron chi connectivity index (χ3n) is 10.9. The first-order chi connectivity index (χ1) is 32.6. The molecule has 0 bridgehead atoms. The van der Waals surface area contributed by atoms with Crippen LogP contribution in [0.25, 0.3) is 0 Å². The zero-order valence-corrected chi connectivity index (χ0v) is 42.4. The Labute approximate surface area is 406 Å². The van der Waals surface area contributed by atoms with Gasteiger partial charge in [-0.1, -0.05) is 231 Å². The number of rotatable bonds is 47. The van der Waals surface area contributed by atoms with Crippen molar-refractivity contribution >= 4 is 11.9 Å². The molecule has 0 aromatic heterocycles. The molecule has 0 aliphatic rings. The molecule has 0 aromatic rings. The van der Waals surface area contributed by atoms with Gasteiger partial charge in [0.1, 0.15) is 6.61 Å². The lowest BCUT2D eigenvalue weighted by molar-refractivity contribution is -0.161. The second-order valence-corrected chi connectivity index (χ2v) is 17.2. The SMILES string of the molecule is CC/C=C\C/C=C\C/C=C\C/C=C\C/C=C\C/C=C\C/C=C\C/C=C\C/C=C\CCCCCCCCCCCCCC(=O)OC(CO)COC(=O)CCCCCCC/C=C\C/C=C\CCC. The Morgan fingerprint density at radius 2 is 0.652 bits per heavy atom. The number of carbonyl (C=O) groups excluding carboxylic acids is 2. The zero-order valence-electron chi connectivity index (χ0n) is 42.4. The standard InChI is InChI=1S/C61H98O5/c1-3-5-7-9-11-13-15-17-18-19-20-21-22-23-24-25-26-27-28-29-30-31-32-33-34-35-36-37-38-39-40-41-42-44-46-48-50-52-54-56-61(64)66-59(57-62)58-65-60(63)55-53-51-49-47-45-43-16-14-12-10-8-6-4-2/h5,7-8,10-11,13-14,16-18,20-21,23-24,26-27,29-30,32-33,35-36,59,62H,3-4,6,9,12,15,19,22,25,28,31,34,37-58H2,1-2H3/b7-5-,10-8-,13-11-,16-14-,18-17-,21-20-,24-23-,27-26-,30-29-,33-32-,36-35-. The molecule has 0 saturated carbocycles. The molecule has 1 N–H and O–H groups in total. The van der Waals surface area contributed by atoms with Crippen molar-refractivity contribution in [2.75, 3.05) is 13.2 Å². The monoisotopic (exact) mass is 911 g/mol. The smallest absolute Gasteiger partial charge is 0.306 e. The summed E-state index contributed by atoms with van der Waals surface area (Å²) in [4.78, 5) is 24.4. The molecule has 66 heavy (non-hydrogen) atoms. The summed E-state index contributed by atoms with van der Waals surface area (Å²) < 4.78 is 10.6. The molecular formula is C61H98O5. The van der Waals surface area contributed by atoms with Crippen molar-refractivity contribution in [3.63, 3.8) is 0 Å². The molecule has 5 heteroatoms. The number of ether oxygens (including phenoxy) is 2. The van der Waals surface area contributed by atoms with E-state index in [0.717, 1.165) is 116 Å². The lowest BCUT2D eigenvalue weighted by Gasteiger charge is -2.15. The lowest BCUT2D eigenvalue weighted by atomic mass is 10.0. The van der Waals surface area contributed by atoms with E-state index in [2.05, 4.69) is 148 Å². The molecule has 372 valence electrons. The van der Waals surface area contributed by atoms with E-state index in [4.69, 9.17) is 9.47 Å². The van der Waals surface area contributed by atoms with Crippen LogP contribution in [0.3, 0.4) is 0 Å². The average molecular weight is 911 g/mol. The van der Waals surface area contributed by atoms with Crippen molar-refractivity contribution in [1.29, 1.82) is 0 Å². The van der Waals surface area contributed by atoms with Crippen molar-refractivity contribution in [1.82, 2.24) is 0 Å². The molecule has 0 aromatic carbocycles. The predicted octanol–water partition coefficient (Wildman–Crippen LogP) is 18.1. The molecule has 0 amide bonds. The van der Waals surface area contributed by atoms with E-state index >= 15 is 0 Å². The first kappa shape index (κ1) is 62.0. The van der Waals surface area contributed by atoms with Crippen molar-refractivity contribution < 1.29 is 24.2 Å². The quantitative estimate of drug-likeness (QED) is 0.0374. The summed E-state index contributed by atoms with van der Waals surface area (Å²) in [7, 11) is 0. The highest BCUT2D eigenvalue weighted by Crippen LogP contribution is 2.14. The minimum absolute atomic E-state index is 0.0807. The molecule has 0 rings (SSSR count). The van der Waals surface area contributed by atoms with Crippen LogP contribution in [0, 0.1) is 0 Å². The Bertz CT molecular complexity index is 1400. The maximum atomic E-state index is 12.3. The van der Waals surface area contributed by atoms with Gasteiger partial charge >= 0.3 is 11.9 Å². The number of aliphatic hydroxyl groups excluding tert-OH is 1. The molecule has 0 saturated heterocycles. The van der Waals surface area contributed by atoms with Gasteiger partial charge in [0.05, 0.1) is 6.61 Å². The van der Waals surface area contributed by atoms with Gasteiger partial charge in [-0.3, -0.25) is 9.59 Å². The largest absolute Gasteiger partial charge is 0.462 e. The summed E-state index contributed by atoms with van der Waals surface area (Å²) in [6, 6.07) is 0. The van der Waals surface area contributed by atoms with Gasteiger partial charge in [0.25, 0.3) is 0 Å². The number of hydrogen-bond donors (Lipinski definition) is 1. The van der Waals surface area contributed by atoms with Crippen LogP contribution < -0.4 is 0 Å². The third-order valence-corrected chi connectivity index (χ3v) is 10.9. The van der Waals surface area contributed by atoms with Gasteiger partial charge in [0.15, 0.2) is 6.10 Å². The summed E-state index contributed by atoms with van der Waals surface area (Å²) in [5.41, 5.74) is 0. The summed E-state index contributed by atoms with van der Waals surface area (Å²) in [5, 5.41) is 9.61. The molecule has 0 radical (unpaired) electrons. The van der Waals surface area contributed by atoms with Crippen LogP contribution in [0.1, 0.15) is 219 Å². The Morgan fingerprint density at radius 1 is 0.364 bits per heavy atom. The number of carbonyl (C=O) groups is 2. The molecule has 1 unspecified atom stereocenters. The van der Waals surface area contributed by atoms with E-state index in [0.29, 0.717) is 12.8 Å².